The van der Waals surface area contributed by atoms with Crippen molar-refractivity contribution in [2.75, 3.05) is 27.2 Å². The number of urea groups is 1. The number of hydrogen-bond acceptors (Lipinski definition) is 3. The molecule has 0 bridgehead atoms. The molecule has 1 aliphatic rings. The lowest BCUT2D eigenvalue weighted by atomic mass is 9.99. The van der Waals surface area contributed by atoms with Gasteiger partial charge in [-0.2, -0.15) is 0 Å². The van der Waals surface area contributed by atoms with Gasteiger partial charge < -0.3 is 20.1 Å². The van der Waals surface area contributed by atoms with Gasteiger partial charge in [-0.25, -0.2) is 4.79 Å². The highest BCUT2D eigenvalue weighted by Gasteiger charge is 2.45. The first kappa shape index (κ1) is 21.1. The van der Waals surface area contributed by atoms with Crippen molar-refractivity contribution < 1.29 is 9.59 Å². The van der Waals surface area contributed by atoms with Gasteiger partial charge in [0.1, 0.15) is 5.54 Å². The van der Waals surface area contributed by atoms with Gasteiger partial charge in [-0.15, -0.1) is 0 Å². The zero-order chi connectivity index (χ0) is 20.2. The van der Waals surface area contributed by atoms with E-state index in [-0.39, 0.29) is 11.9 Å². The highest BCUT2D eigenvalue weighted by Crippen LogP contribution is 2.20. The molecule has 9 heteroatoms. The Hall–Kier alpha value is -2.22. The minimum absolute atomic E-state index is 0.155. The van der Waals surface area contributed by atoms with Crippen LogP contribution in [-0.4, -0.2) is 65.0 Å². The molecule has 2 N–H and O–H groups in total. The average Bonchev–Trinajstić information content (AvgIpc) is 3.04. The Labute approximate surface area is 165 Å². The lowest BCUT2D eigenvalue weighted by molar-refractivity contribution is -0.130. The van der Waals surface area contributed by atoms with Crippen LogP contribution >= 0.6 is 11.6 Å². The predicted molar refractivity (Wildman–Crippen MR) is 107 cm³/mol. The maximum absolute atomic E-state index is 12.4. The highest BCUT2D eigenvalue weighted by molar-refractivity contribution is 6.30. The Kier molecular flexibility index (Phi) is 6.75. The van der Waals surface area contributed by atoms with E-state index in [9.17, 15) is 9.59 Å². The second-order valence-corrected chi connectivity index (χ2v) is 7.45. The zero-order valence-electron chi connectivity index (χ0n) is 16.7. The van der Waals surface area contributed by atoms with Gasteiger partial charge in [-0.3, -0.25) is 14.7 Å². The van der Waals surface area contributed by atoms with Gasteiger partial charge >= 0.3 is 6.03 Å². The SMILES string of the molecule is CCC1(C)NC(=O)N(CCCNC(=NC)N(C)Cc2cc(Cl)cn2C)C1=O. The molecular weight excluding hydrogens is 368 g/mol. The number of halogens is 1. The molecule has 1 aromatic heterocycles. The standard InChI is InChI=1S/C18H29ClN6O2/c1-6-18(2)15(26)25(17(27)22-18)9-7-8-21-16(20-3)24(5)12-14-10-13(19)11-23(14)4/h10-11H,6-9,12H2,1-5H3,(H,20,21)(H,22,27). The third kappa shape index (κ3) is 4.74. The van der Waals surface area contributed by atoms with Crippen LogP contribution in [0, 0.1) is 0 Å². The topological polar surface area (TPSA) is 82.0 Å². The lowest BCUT2D eigenvalue weighted by Gasteiger charge is -2.23. The maximum Gasteiger partial charge on any atom is 0.325 e. The van der Waals surface area contributed by atoms with E-state index in [1.165, 1.54) is 4.90 Å². The molecule has 0 radical (unpaired) electrons. The smallest absolute Gasteiger partial charge is 0.325 e. The maximum atomic E-state index is 12.4. The van der Waals surface area contributed by atoms with Gasteiger partial charge in [0, 0.05) is 46.1 Å². The van der Waals surface area contributed by atoms with Crippen LogP contribution in [0.25, 0.3) is 0 Å². The monoisotopic (exact) mass is 396 g/mol. The predicted octanol–water partition coefficient (Wildman–Crippen LogP) is 1.80. The van der Waals surface area contributed by atoms with E-state index in [1.807, 2.05) is 42.7 Å². The highest BCUT2D eigenvalue weighted by atomic mass is 35.5. The van der Waals surface area contributed by atoms with Crippen molar-refractivity contribution in [1.82, 2.24) is 25.0 Å². The number of carbonyl (C=O) groups excluding carboxylic acids is 2. The fraction of sp³-hybridized carbons (Fsp3) is 0.611. The summed E-state index contributed by atoms with van der Waals surface area (Å²) in [5, 5.41) is 6.74. The van der Waals surface area contributed by atoms with Gasteiger partial charge in [-0.05, 0) is 25.8 Å². The molecule has 2 rings (SSSR count). The van der Waals surface area contributed by atoms with E-state index in [1.54, 1.807) is 14.0 Å². The number of nitrogens with one attached hydrogen (secondary N) is 2. The Balaban J connectivity index is 1.82. The Morgan fingerprint density at radius 3 is 2.67 bits per heavy atom. The van der Waals surface area contributed by atoms with Crippen molar-refractivity contribution in [1.29, 1.82) is 0 Å². The Bertz CT molecular complexity index is 731. The molecule has 1 aromatic rings. The number of hydrogen-bond donors (Lipinski definition) is 2. The summed E-state index contributed by atoms with van der Waals surface area (Å²) in [6.45, 7) is 5.29. The number of aromatic nitrogens is 1. The van der Waals surface area contributed by atoms with E-state index >= 15 is 0 Å². The number of rotatable bonds is 7. The molecule has 150 valence electrons. The third-order valence-corrected chi connectivity index (χ3v) is 5.15. The van der Waals surface area contributed by atoms with Gasteiger partial charge in [0.05, 0.1) is 11.6 Å². The van der Waals surface area contributed by atoms with Crippen molar-refractivity contribution in [2.45, 2.75) is 38.8 Å². The van der Waals surface area contributed by atoms with Gasteiger partial charge in [-0.1, -0.05) is 18.5 Å². The molecule has 3 amide bonds. The summed E-state index contributed by atoms with van der Waals surface area (Å²) in [6, 6.07) is 1.61. The zero-order valence-corrected chi connectivity index (χ0v) is 17.4. The number of carbonyl (C=O) groups is 2. The van der Waals surface area contributed by atoms with Crippen LogP contribution in [0.4, 0.5) is 4.79 Å². The average molecular weight is 397 g/mol. The van der Waals surface area contributed by atoms with Gasteiger partial charge in [0.25, 0.3) is 5.91 Å². The van der Waals surface area contributed by atoms with Crippen LogP contribution in [0.15, 0.2) is 17.3 Å². The van der Waals surface area contributed by atoms with Crippen molar-refractivity contribution in [2.24, 2.45) is 12.0 Å². The summed E-state index contributed by atoms with van der Waals surface area (Å²) < 4.78 is 1.98. The summed E-state index contributed by atoms with van der Waals surface area (Å²) in [7, 11) is 5.62. The van der Waals surface area contributed by atoms with Crippen LogP contribution < -0.4 is 10.6 Å². The molecule has 0 aromatic carbocycles. The molecule has 1 fully saturated rings. The van der Waals surface area contributed by atoms with Gasteiger partial charge in [0.2, 0.25) is 0 Å². The minimum atomic E-state index is -0.781. The van der Waals surface area contributed by atoms with E-state index in [0.717, 1.165) is 11.7 Å². The molecule has 2 heterocycles. The first-order valence-electron chi connectivity index (χ1n) is 9.08. The van der Waals surface area contributed by atoms with Crippen molar-refractivity contribution in [3.63, 3.8) is 0 Å². The minimum Gasteiger partial charge on any atom is -0.356 e. The first-order valence-corrected chi connectivity index (χ1v) is 9.46. The second-order valence-electron chi connectivity index (χ2n) is 7.02. The van der Waals surface area contributed by atoms with Crippen molar-refractivity contribution >= 4 is 29.5 Å². The summed E-state index contributed by atoms with van der Waals surface area (Å²) in [6.07, 6.45) is 3.08. The lowest BCUT2D eigenvalue weighted by Crippen LogP contribution is -2.43. The van der Waals surface area contributed by atoms with Crippen LogP contribution in [0.2, 0.25) is 5.02 Å². The Morgan fingerprint density at radius 1 is 1.44 bits per heavy atom. The molecule has 1 atom stereocenters. The molecular formula is C18H29ClN6O2. The van der Waals surface area contributed by atoms with Gasteiger partial charge in [0.15, 0.2) is 5.96 Å². The molecule has 1 unspecified atom stereocenters. The largest absolute Gasteiger partial charge is 0.356 e. The molecule has 8 nitrogen and oxygen atoms in total. The number of guanidine groups is 1. The Morgan fingerprint density at radius 2 is 2.15 bits per heavy atom. The number of aryl methyl sites for hydroxylation is 1. The quantitative estimate of drug-likeness (QED) is 0.318. The summed E-state index contributed by atoms with van der Waals surface area (Å²) in [5.74, 6) is 0.583. The van der Waals surface area contributed by atoms with E-state index in [4.69, 9.17) is 11.6 Å². The van der Waals surface area contributed by atoms with Crippen LogP contribution in [0.5, 0.6) is 0 Å². The molecule has 1 saturated heterocycles. The molecule has 0 spiro atoms. The van der Waals surface area contributed by atoms with Crippen molar-refractivity contribution in [3.8, 4) is 0 Å². The summed E-state index contributed by atoms with van der Waals surface area (Å²) >= 11 is 6.03. The van der Waals surface area contributed by atoms with E-state index in [0.29, 0.717) is 37.5 Å². The third-order valence-electron chi connectivity index (χ3n) is 4.94. The number of amides is 3. The fourth-order valence-electron chi connectivity index (χ4n) is 3.05. The molecule has 0 saturated carbocycles. The van der Waals surface area contributed by atoms with Crippen LogP contribution in [0.1, 0.15) is 32.4 Å². The summed E-state index contributed by atoms with van der Waals surface area (Å²) in [5.41, 5.74) is 0.292. The summed E-state index contributed by atoms with van der Waals surface area (Å²) in [4.78, 5) is 32.0. The normalized spacial score (nSPS) is 20.2. The second kappa shape index (κ2) is 8.65. The van der Waals surface area contributed by atoms with Crippen LogP contribution in [0.3, 0.4) is 0 Å². The molecule has 27 heavy (non-hydrogen) atoms. The number of nitrogens with zero attached hydrogens (tertiary/aromatic N) is 4. The van der Waals surface area contributed by atoms with E-state index in [2.05, 4.69) is 15.6 Å². The number of aliphatic imine (C=N–C) groups is 1. The number of imide groups is 1. The molecule has 1 aliphatic heterocycles. The van der Waals surface area contributed by atoms with Crippen LogP contribution in [-0.2, 0) is 18.4 Å². The fourth-order valence-corrected chi connectivity index (χ4v) is 3.33. The first-order chi connectivity index (χ1) is 12.7. The van der Waals surface area contributed by atoms with E-state index < -0.39 is 5.54 Å². The molecule has 0 aliphatic carbocycles. The van der Waals surface area contributed by atoms with Crippen molar-refractivity contribution in [3.05, 3.63) is 23.0 Å².